The summed E-state index contributed by atoms with van der Waals surface area (Å²) in [5.74, 6) is 1.43. The monoisotopic (exact) mass is 256 g/mol. The van der Waals surface area contributed by atoms with E-state index < -0.39 is 10.8 Å². The number of carbonyl (C=O) groups is 1. The zero-order valence-corrected chi connectivity index (χ0v) is 11.0. The lowest BCUT2D eigenvalue weighted by atomic mass is 10.3. The molecule has 17 heavy (non-hydrogen) atoms. The Hall–Kier alpha value is -0.940. The van der Waals surface area contributed by atoms with E-state index in [-0.39, 0.29) is 5.91 Å². The standard InChI is InChI=1S/C12H20N2O2S/c1-3-5-14(6-4-2)12(15)11-13-7-9-17(16)10-8-13/h3-4H,1-2,5-11H2. The summed E-state index contributed by atoms with van der Waals surface area (Å²) in [6, 6.07) is 0. The quantitative estimate of drug-likeness (QED) is 0.640. The highest BCUT2D eigenvalue weighted by Gasteiger charge is 2.19. The minimum absolute atomic E-state index is 0.0810. The number of nitrogens with zero attached hydrogens (tertiary/aromatic N) is 2. The van der Waals surface area contributed by atoms with Gasteiger partial charge in [-0.3, -0.25) is 13.9 Å². The van der Waals surface area contributed by atoms with Crippen LogP contribution in [0.15, 0.2) is 25.3 Å². The molecular weight excluding hydrogens is 236 g/mol. The van der Waals surface area contributed by atoms with Gasteiger partial charge in [0.05, 0.1) is 6.54 Å². The Morgan fingerprint density at radius 2 is 1.76 bits per heavy atom. The van der Waals surface area contributed by atoms with Crippen LogP contribution in [0, 0.1) is 0 Å². The highest BCUT2D eigenvalue weighted by atomic mass is 32.2. The highest BCUT2D eigenvalue weighted by molar-refractivity contribution is 7.85. The summed E-state index contributed by atoms with van der Waals surface area (Å²) in [5, 5.41) is 0. The fraction of sp³-hybridized carbons (Fsp3) is 0.583. The molecule has 0 aromatic carbocycles. The van der Waals surface area contributed by atoms with Gasteiger partial charge in [0.1, 0.15) is 0 Å². The molecule has 0 bridgehead atoms. The fourth-order valence-electron chi connectivity index (χ4n) is 1.71. The molecule has 4 nitrogen and oxygen atoms in total. The van der Waals surface area contributed by atoms with Gasteiger partial charge in [-0.25, -0.2) is 0 Å². The van der Waals surface area contributed by atoms with Crippen molar-refractivity contribution >= 4 is 16.7 Å². The molecule has 0 aliphatic carbocycles. The molecule has 0 aromatic heterocycles. The van der Waals surface area contributed by atoms with Crippen LogP contribution in [0.1, 0.15) is 0 Å². The third-order valence-electron chi connectivity index (χ3n) is 2.68. The Bertz CT molecular complexity index is 298. The summed E-state index contributed by atoms with van der Waals surface area (Å²) in [4.78, 5) is 15.8. The number of rotatable bonds is 6. The largest absolute Gasteiger partial charge is 0.334 e. The molecule has 0 radical (unpaired) electrons. The Kier molecular flexibility index (Phi) is 6.15. The minimum Gasteiger partial charge on any atom is -0.334 e. The number of hydrogen-bond acceptors (Lipinski definition) is 3. The van der Waals surface area contributed by atoms with Gasteiger partial charge >= 0.3 is 0 Å². The average Bonchev–Trinajstić information content (AvgIpc) is 2.32. The highest BCUT2D eigenvalue weighted by Crippen LogP contribution is 2.01. The van der Waals surface area contributed by atoms with Gasteiger partial charge in [-0.15, -0.1) is 13.2 Å². The van der Waals surface area contributed by atoms with Gasteiger partial charge in [0.25, 0.3) is 0 Å². The summed E-state index contributed by atoms with van der Waals surface area (Å²) in [7, 11) is -0.692. The Morgan fingerprint density at radius 3 is 2.24 bits per heavy atom. The molecule has 0 aromatic rings. The van der Waals surface area contributed by atoms with Gasteiger partial charge in [0, 0.05) is 48.5 Å². The van der Waals surface area contributed by atoms with Crippen molar-refractivity contribution in [2.24, 2.45) is 0 Å². The molecule has 0 atom stereocenters. The second-order valence-corrected chi connectivity index (χ2v) is 5.70. The van der Waals surface area contributed by atoms with Crippen LogP contribution in [0.2, 0.25) is 0 Å². The van der Waals surface area contributed by atoms with Crippen molar-refractivity contribution in [2.75, 3.05) is 44.2 Å². The topological polar surface area (TPSA) is 40.6 Å². The molecule has 1 fully saturated rings. The lowest BCUT2D eigenvalue weighted by molar-refractivity contribution is -0.131. The van der Waals surface area contributed by atoms with E-state index in [1.807, 2.05) is 0 Å². The molecular formula is C12H20N2O2S. The van der Waals surface area contributed by atoms with Crippen molar-refractivity contribution in [3.63, 3.8) is 0 Å². The van der Waals surface area contributed by atoms with Crippen LogP contribution in [0.25, 0.3) is 0 Å². The second kappa shape index (κ2) is 7.40. The van der Waals surface area contributed by atoms with E-state index in [1.165, 1.54) is 0 Å². The number of amides is 1. The number of carbonyl (C=O) groups excluding carboxylic acids is 1. The van der Waals surface area contributed by atoms with Crippen LogP contribution in [0.3, 0.4) is 0 Å². The molecule has 1 saturated heterocycles. The molecule has 1 rings (SSSR count). The summed E-state index contributed by atoms with van der Waals surface area (Å²) in [5.41, 5.74) is 0. The minimum atomic E-state index is -0.692. The Labute approximate surface area is 105 Å². The SMILES string of the molecule is C=CCN(CC=C)C(=O)CN1CCS(=O)CC1. The van der Waals surface area contributed by atoms with E-state index in [1.54, 1.807) is 17.1 Å². The first kappa shape index (κ1) is 14.1. The fourth-order valence-corrected chi connectivity index (χ4v) is 2.84. The Balaban J connectivity index is 2.42. The predicted octanol–water partition coefficient (Wildman–Crippen LogP) is 0.251. The molecule has 0 saturated carbocycles. The first-order valence-corrected chi connectivity index (χ1v) is 7.23. The normalized spacial score (nSPS) is 17.6. The number of hydrogen-bond donors (Lipinski definition) is 0. The smallest absolute Gasteiger partial charge is 0.237 e. The average molecular weight is 256 g/mol. The lowest BCUT2D eigenvalue weighted by Crippen LogP contribution is -2.45. The van der Waals surface area contributed by atoms with E-state index in [4.69, 9.17) is 0 Å². The molecule has 0 spiro atoms. The van der Waals surface area contributed by atoms with Crippen LogP contribution >= 0.6 is 0 Å². The summed E-state index contributed by atoms with van der Waals surface area (Å²) >= 11 is 0. The van der Waals surface area contributed by atoms with E-state index in [2.05, 4.69) is 18.1 Å². The van der Waals surface area contributed by atoms with Crippen molar-refractivity contribution in [1.29, 1.82) is 0 Å². The molecule has 5 heteroatoms. The van der Waals surface area contributed by atoms with Gasteiger partial charge in [-0.1, -0.05) is 12.2 Å². The van der Waals surface area contributed by atoms with Crippen molar-refractivity contribution < 1.29 is 9.00 Å². The van der Waals surface area contributed by atoms with Crippen molar-refractivity contribution in [1.82, 2.24) is 9.80 Å². The van der Waals surface area contributed by atoms with Crippen molar-refractivity contribution in [2.45, 2.75) is 0 Å². The second-order valence-electron chi connectivity index (χ2n) is 4.00. The van der Waals surface area contributed by atoms with Crippen LogP contribution in [-0.4, -0.2) is 64.1 Å². The molecule has 0 N–H and O–H groups in total. The van der Waals surface area contributed by atoms with Gasteiger partial charge in [0.15, 0.2) is 0 Å². The van der Waals surface area contributed by atoms with Crippen LogP contribution in [0.5, 0.6) is 0 Å². The van der Waals surface area contributed by atoms with Gasteiger partial charge < -0.3 is 4.90 Å². The van der Waals surface area contributed by atoms with E-state index in [0.717, 1.165) is 13.1 Å². The predicted molar refractivity (Wildman–Crippen MR) is 71.3 cm³/mol. The maximum absolute atomic E-state index is 12.0. The molecule has 1 aliphatic rings. The lowest BCUT2D eigenvalue weighted by Gasteiger charge is -2.28. The van der Waals surface area contributed by atoms with E-state index in [0.29, 0.717) is 31.1 Å². The molecule has 96 valence electrons. The van der Waals surface area contributed by atoms with Gasteiger partial charge in [-0.05, 0) is 0 Å². The first-order chi connectivity index (χ1) is 8.17. The summed E-state index contributed by atoms with van der Waals surface area (Å²) in [6.07, 6.45) is 3.43. The maximum atomic E-state index is 12.0. The molecule has 1 heterocycles. The molecule has 1 aliphatic heterocycles. The third-order valence-corrected chi connectivity index (χ3v) is 3.96. The van der Waals surface area contributed by atoms with Gasteiger partial charge in [-0.2, -0.15) is 0 Å². The van der Waals surface area contributed by atoms with Gasteiger partial charge in [0.2, 0.25) is 5.91 Å². The third kappa shape index (κ3) is 4.83. The maximum Gasteiger partial charge on any atom is 0.237 e. The molecule has 1 amide bonds. The Morgan fingerprint density at radius 1 is 1.24 bits per heavy atom. The van der Waals surface area contributed by atoms with Crippen LogP contribution in [-0.2, 0) is 15.6 Å². The molecule has 0 unspecified atom stereocenters. The zero-order chi connectivity index (χ0) is 12.7. The van der Waals surface area contributed by atoms with E-state index in [9.17, 15) is 9.00 Å². The van der Waals surface area contributed by atoms with Crippen LogP contribution in [0.4, 0.5) is 0 Å². The van der Waals surface area contributed by atoms with Crippen molar-refractivity contribution in [3.8, 4) is 0 Å². The first-order valence-electron chi connectivity index (χ1n) is 5.74. The van der Waals surface area contributed by atoms with Crippen molar-refractivity contribution in [3.05, 3.63) is 25.3 Å². The zero-order valence-electron chi connectivity index (χ0n) is 10.1. The van der Waals surface area contributed by atoms with Crippen LogP contribution < -0.4 is 0 Å². The van der Waals surface area contributed by atoms with E-state index >= 15 is 0 Å². The summed E-state index contributed by atoms with van der Waals surface area (Å²) < 4.78 is 11.2. The summed E-state index contributed by atoms with van der Waals surface area (Å²) in [6.45, 7) is 10.3.